The second-order valence-electron chi connectivity index (χ2n) is 11.5. The van der Waals surface area contributed by atoms with Gasteiger partial charge in [-0.15, -0.1) is 0 Å². The Balaban J connectivity index is 1.57. The molecule has 7 nitrogen and oxygen atoms in total. The molecule has 0 fully saturated rings. The van der Waals surface area contributed by atoms with Crippen LogP contribution in [-0.4, -0.2) is 40.5 Å². The van der Waals surface area contributed by atoms with Crippen LogP contribution < -0.4 is 28.1 Å². The molecule has 0 saturated carbocycles. The van der Waals surface area contributed by atoms with Crippen molar-refractivity contribution in [1.29, 1.82) is 0 Å². The van der Waals surface area contributed by atoms with Crippen molar-refractivity contribution < 1.29 is 36.9 Å². The van der Waals surface area contributed by atoms with E-state index >= 15 is 0 Å². The highest BCUT2D eigenvalue weighted by Crippen LogP contribution is 2.47. The zero-order chi connectivity index (χ0) is 34.4. The average molecular weight is 660 g/mol. The molecule has 0 saturated heterocycles. The number of nitrogens with zero attached hydrogens (tertiary/aromatic N) is 2. The highest BCUT2D eigenvalue weighted by molar-refractivity contribution is 6.06. The lowest BCUT2D eigenvalue weighted by atomic mass is 9.95. The number of halogens is 2. The summed E-state index contributed by atoms with van der Waals surface area (Å²) in [5.41, 5.74) is 6.03. The van der Waals surface area contributed by atoms with Gasteiger partial charge in [0.1, 0.15) is 11.6 Å². The third kappa shape index (κ3) is 5.27. The summed E-state index contributed by atoms with van der Waals surface area (Å²) in [4.78, 5) is 4.91. The molecule has 0 aliphatic heterocycles. The van der Waals surface area contributed by atoms with Crippen molar-refractivity contribution in [1.82, 2.24) is 4.98 Å². The van der Waals surface area contributed by atoms with E-state index in [9.17, 15) is 8.78 Å². The van der Waals surface area contributed by atoms with Crippen LogP contribution in [-0.2, 0) is 0 Å². The highest BCUT2D eigenvalue weighted by Gasteiger charge is 2.26. The van der Waals surface area contributed by atoms with E-state index in [2.05, 4.69) is 16.5 Å². The summed E-state index contributed by atoms with van der Waals surface area (Å²) in [7, 11) is 8.03. The van der Waals surface area contributed by atoms with E-state index in [-0.39, 0.29) is 11.6 Å². The smallest absolute Gasteiger partial charge is 0.219 e. The van der Waals surface area contributed by atoms with Gasteiger partial charge in [-0.1, -0.05) is 0 Å². The maximum atomic E-state index is 13.9. The zero-order valence-corrected chi connectivity index (χ0v) is 27.9. The van der Waals surface area contributed by atoms with Gasteiger partial charge in [0.05, 0.1) is 57.7 Å². The Kier molecular flexibility index (Phi) is 8.12. The summed E-state index contributed by atoms with van der Waals surface area (Å²) in [5.74, 6) is 2.04. The van der Waals surface area contributed by atoms with Crippen molar-refractivity contribution in [2.45, 2.75) is 6.92 Å². The number of aryl methyl sites for hydroxylation is 1. The van der Waals surface area contributed by atoms with Crippen LogP contribution in [0.25, 0.3) is 60.7 Å². The summed E-state index contributed by atoms with van der Waals surface area (Å²) < 4.78 is 59.3. The summed E-state index contributed by atoms with van der Waals surface area (Å²) >= 11 is 0. The largest absolute Gasteiger partial charge is 0.493 e. The molecule has 0 unspecified atom stereocenters. The van der Waals surface area contributed by atoms with Crippen LogP contribution in [0, 0.1) is 18.6 Å². The predicted octanol–water partition coefficient (Wildman–Crippen LogP) is 8.76. The van der Waals surface area contributed by atoms with Gasteiger partial charge in [0, 0.05) is 46.5 Å². The molecule has 49 heavy (non-hydrogen) atoms. The Labute approximate surface area is 281 Å². The number of fused-ring (bicyclic) bond motifs is 4. The van der Waals surface area contributed by atoms with Gasteiger partial charge in [0.2, 0.25) is 11.3 Å². The van der Waals surface area contributed by atoms with E-state index < -0.39 is 0 Å². The first-order valence-corrected chi connectivity index (χ1v) is 15.5. The highest BCUT2D eigenvalue weighted by atomic mass is 19.1. The normalized spacial score (nSPS) is 11.3. The topological polar surface area (TPSA) is 63.1 Å². The third-order valence-electron chi connectivity index (χ3n) is 8.90. The molecule has 3 aromatic heterocycles. The number of benzene rings is 4. The molecule has 0 N–H and O–H groups in total. The summed E-state index contributed by atoms with van der Waals surface area (Å²) in [6.07, 6.45) is 2.00. The minimum Gasteiger partial charge on any atom is -0.493 e. The van der Waals surface area contributed by atoms with Gasteiger partial charge in [-0.3, -0.25) is 0 Å². The van der Waals surface area contributed by atoms with Gasteiger partial charge in [0.15, 0.2) is 34.9 Å². The minimum atomic E-state index is -0.347. The maximum absolute atomic E-state index is 13.9. The molecule has 246 valence electrons. The molecule has 9 heteroatoms. The van der Waals surface area contributed by atoms with E-state index in [1.165, 1.54) is 24.3 Å². The lowest BCUT2D eigenvalue weighted by molar-refractivity contribution is -0.516. The van der Waals surface area contributed by atoms with Crippen molar-refractivity contribution in [2.24, 2.45) is 0 Å². The average Bonchev–Trinajstić information content (AvgIpc) is 3.13. The van der Waals surface area contributed by atoms with Crippen LogP contribution in [0.2, 0.25) is 0 Å². The van der Waals surface area contributed by atoms with Gasteiger partial charge < -0.3 is 23.7 Å². The lowest BCUT2D eigenvalue weighted by Gasteiger charge is -2.18. The van der Waals surface area contributed by atoms with E-state index in [0.29, 0.717) is 40.1 Å². The molecule has 0 bridgehead atoms. The first-order valence-electron chi connectivity index (χ1n) is 15.5. The fraction of sp³-hybridized carbons (Fsp3) is 0.150. The lowest BCUT2D eigenvalue weighted by Crippen LogP contribution is -2.26. The second kappa shape index (κ2) is 12.6. The standard InChI is InChI=1S/C40H33F2N2O5/c1-22-36-26(20-35(45-2)39(48-5)40(36)49-6)19-34-31-21-30(38(47-4)37(46-3)29(31)15-16-44(22)34)25-17-32(23-7-11-27(41)12-8-23)43-33(18-25)24-9-13-28(42)14-10-24/h7-21H,1-6H3/q+1. The van der Waals surface area contributed by atoms with Crippen molar-refractivity contribution in [2.75, 3.05) is 35.5 Å². The maximum Gasteiger partial charge on any atom is 0.219 e. The third-order valence-corrected chi connectivity index (χ3v) is 8.90. The number of methoxy groups -OCH3 is 5. The van der Waals surface area contributed by atoms with Crippen LogP contribution in [0.15, 0.2) is 91.1 Å². The van der Waals surface area contributed by atoms with Crippen LogP contribution in [0.3, 0.4) is 0 Å². The van der Waals surface area contributed by atoms with Crippen LogP contribution in [0.1, 0.15) is 5.69 Å². The summed E-state index contributed by atoms with van der Waals surface area (Å²) in [6, 6.07) is 24.3. The number of aromatic nitrogens is 2. The molecule has 0 atom stereocenters. The quantitative estimate of drug-likeness (QED) is 0.0924. The van der Waals surface area contributed by atoms with Gasteiger partial charge in [-0.2, -0.15) is 4.40 Å². The van der Waals surface area contributed by atoms with Gasteiger partial charge in [-0.05, 0) is 78.4 Å². The molecule has 0 aliphatic carbocycles. The molecular formula is C40H33F2N2O5+. The molecule has 0 spiro atoms. The number of rotatable bonds is 8. The Morgan fingerprint density at radius 3 is 1.65 bits per heavy atom. The monoisotopic (exact) mass is 659 g/mol. The number of ether oxygens (including phenoxy) is 5. The van der Waals surface area contributed by atoms with E-state index in [1.54, 1.807) is 59.8 Å². The molecule has 7 aromatic rings. The van der Waals surface area contributed by atoms with E-state index in [0.717, 1.165) is 55.0 Å². The number of hydrogen-bond donors (Lipinski definition) is 0. The van der Waals surface area contributed by atoms with Gasteiger partial charge >= 0.3 is 0 Å². The molecule has 0 aliphatic rings. The fourth-order valence-corrected chi connectivity index (χ4v) is 6.60. The second-order valence-corrected chi connectivity index (χ2v) is 11.5. The van der Waals surface area contributed by atoms with Gasteiger partial charge in [0.25, 0.3) is 0 Å². The first-order chi connectivity index (χ1) is 23.8. The summed E-state index contributed by atoms with van der Waals surface area (Å²) in [5, 5.41) is 3.54. The molecule has 0 radical (unpaired) electrons. The number of hydrogen-bond acceptors (Lipinski definition) is 6. The Bertz CT molecular complexity index is 2330. The Morgan fingerprint density at radius 2 is 1.12 bits per heavy atom. The molecule has 0 amide bonds. The van der Waals surface area contributed by atoms with Crippen molar-refractivity contribution >= 4 is 27.1 Å². The van der Waals surface area contributed by atoms with Crippen molar-refractivity contribution in [3.8, 4) is 62.4 Å². The minimum absolute atomic E-state index is 0.347. The molecule has 4 aromatic carbocycles. The zero-order valence-electron chi connectivity index (χ0n) is 27.9. The predicted molar refractivity (Wildman–Crippen MR) is 186 cm³/mol. The van der Waals surface area contributed by atoms with Crippen LogP contribution in [0.4, 0.5) is 8.78 Å². The molecule has 3 heterocycles. The van der Waals surface area contributed by atoms with Crippen LogP contribution in [0.5, 0.6) is 28.7 Å². The fourth-order valence-electron chi connectivity index (χ4n) is 6.60. The van der Waals surface area contributed by atoms with E-state index in [4.69, 9.17) is 28.7 Å². The first kappa shape index (κ1) is 31.6. The van der Waals surface area contributed by atoms with Crippen LogP contribution >= 0.6 is 0 Å². The van der Waals surface area contributed by atoms with Crippen molar-refractivity contribution in [3.05, 3.63) is 108 Å². The SMILES string of the molecule is COc1cc2cc3c4cc(-c5cc(-c6ccc(F)cc6)nc(-c6ccc(F)cc6)c5)c(OC)c(OC)c4cc[n+]3c(C)c2c(OC)c1OC. The molecule has 7 rings (SSSR count). The van der Waals surface area contributed by atoms with Crippen molar-refractivity contribution in [3.63, 3.8) is 0 Å². The van der Waals surface area contributed by atoms with Gasteiger partial charge in [-0.25, -0.2) is 13.8 Å². The molecular weight excluding hydrogens is 626 g/mol. The number of pyridine rings is 3. The Hall–Kier alpha value is -5.96. The Morgan fingerprint density at radius 1 is 0.551 bits per heavy atom. The van der Waals surface area contributed by atoms with E-state index in [1.807, 2.05) is 37.4 Å². The summed E-state index contributed by atoms with van der Waals surface area (Å²) in [6.45, 7) is 2.03.